The molecule has 11 heteroatoms. The van der Waals surface area contributed by atoms with E-state index in [1.54, 1.807) is 0 Å². The largest absolute Gasteiger partial charge is 0.493 e. The molecule has 136 valence electrons. The van der Waals surface area contributed by atoms with Crippen molar-refractivity contribution in [1.29, 1.82) is 0 Å². The van der Waals surface area contributed by atoms with E-state index in [2.05, 4.69) is 9.46 Å². The van der Waals surface area contributed by atoms with Crippen molar-refractivity contribution in [1.82, 2.24) is 0 Å². The number of methoxy groups -OCH3 is 3. The topological polar surface area (TPSA) is 90.9 Å². The normalized spacial score (nSPS) is 11.1. The van der Waals surface area contributed by atoms with Crippen molar-refractivity contribution in [3.63, 3.8) is 0 Å². The number of anilines is 1. The molecule has 0 aliphatic rings. The highest BCUT2D eigenvalue weighted by Crippen LogP contribution is 2.38. The van der Waals surface area contributed by atoms with Crippen molar-refractivity contribution in [2.45, 2.75) is 4.90 Å². The van der Waals surface area contributed by atoms with Gasteiger partial charge in [-0.2, -0.15) is 0 Å². The van der Waals surface area contributed by atoms with E-state index < -0.39 is 16.0 Å². The molecule has 0 saturated heterocycles. The van der Waals surface area contributed by atoms with Gasteiger partial charge in [0.2, 0.25) is 0 Å². The first-order valence-electron chi connectivity index (χ1n) is 6.55. The number of carbonyl (C=O) groups excluding carboxylic acids is 1. The van der Waals surface area contributed by atoms with Crippen LogP contribution in [0.15, 0.2) is 23.1 Å². The van der Waals surface area contributed by atoms with Gasteiger partial charge in [-0.15, -0.1) is 11.3 Å². The van der Waals surface area contributed by atoms with Crippen molar-refractivity contribution in [3.05, 3.63) is 32.4 Å². The van der Waals surface area contributed by atoms with Crippen LogP contribution in [0.1, 0.15) is 10.4 Å². The average molecular weight is 426 g/mol. The van der Waals surface area contributed by atoms with E-state index >= 15 is 0 Å². The Bertz CT molecular complexity index is 910. The van der Waals surface area contributed by atoms with E-state index in [0.717, 1.165) is 11.3 Å². The first kappa shape index (κ1) is 19.6. The second-order valence-corrected chi connectivity index (χ2v) is 8.47. The average Bonchev–Trinajstić information content (AvgIpc) is 2.92. The van der Waals surface area contributed by atoms with Gasteiger partial charge in [-0.05, 0) is 6.07 Å². The minimum Gasteiger partial charge on any atom is -0.493 e. The molecule has 1 N–H and O–H groups in total. The monoisotopic (exact) mass is 425 g/mol. The van der Waals surface area contributed by atoms with Gasteiger partial charge in [0.1, 0.15) is 9.23 Å². The number of carbonyl (C=O) groups is 1. The van der Waals surface area contributed by atoms with Gasteiger partial charge in [-0.1, -0.05) is 23.2 Å². The van der Waals surface area contributed by atoms with E-state index in [-0.39, 0.29) is 36.3 Å². The summed E-state index contributed by atoms with van der Waals surface area (Å²) >= 11 is 12.6. The molecular weight excluding hydrogens is 413 g/mol. The minimum absolute atomic E-state index is 0.00223. The Hall–Kier alpha value is -1.68. The van der Waals surface area contributed by atoms with E-state index in [9.17, 15) is 13.2 Å². The highest BCUT2D eigenvalue weighted by Gasteiger charge is 2.25. The zero-order chi connectivity index (χ0) is 18.8. The lowest BCUT2D eigenvalue weighted by Gasteiger charge is -2.15. The number of esters is 1. The fourth-order valence-electron chi connectivity index (χ4n) is 1.95. The summed E-state index contributed by atoms with van der Waals surface area (Å²) in [5.41, 5.74) is -0.107. The van der Waals surface area contributed by atoms with Crippen molar-refractivity contribution in [2.75, 3.05) is 26.1 Å². The summed E-state index contributed by atoms with van der Waals surface area (Å²) < 4.78 is 42.6. The number of nitrogens with one attached hydrogen (secondary N) is 1. The predicted octanol–water partition coefficient (Wildman–Crippen LogP) is 3.66. The van der Waals surface area contributed by atoms with Crippen LogP contribution in [-0.2, 0) is 14.8 Å². The molecule has 0 unspecified atom stereocenters. The zero-order valence-electron chi connectivity index (χ0n) is 13.3. The lowest BCUT2D eigenvalue weighted by molar-refractivity contribution is 0.0601. The summed E-state index contributed by atoms with van der Waals surface area (Å²) in [6.45, 7) is 0. The molecule has 2 rings (SSSR count). The number of hydrogen-bond acceptors (Lipinski definition) is 7. The van der Waals surface area contributed by atoms with Crippen molar-refractivity contribution >= 4 is 56.2 Å². The highest BCUT2D eigenvalue weighted by molar-refractivity contribution is 7.93. The van der Waals surface area contributed by atoms with Crippen LogP contribution >= 0.6 is 34.5 Å². The molecule has 0 spiro atoms. The van der Waals surface area contributed by atoms with Crippen LogP contribution in [0.5, 0.6) is 11.5 Å². The fourth-order valence-corrected chi connectivity index (χ4v) is 5.17. The summed E-state index contributed by atoms with van der Waals surface area (Å²) in [6.07, 6.45) is 0. The number of ether oxygens (including phenoxy) is 3. The summed E-state index contributed by atoms with van der Waals surface area (Å²) in [7, 11) is -0.155. The van der Waals surface area contributed by atoms with Crippen LogP contribution < -0.4 is 14.2 Å². The van der Waals surface area contributed by atoms with Crippen LogP contribution in [0.2, 0.25) is 8.67 Å². The van der Waals surface area contributed by atoms with Crippen LogP contribution in [0.25, 0.3) is 0 Å². The lowest BCUT2D eigenvalue weighted by Crippen LogP contribution is -2.16. The molecule has 7 nitrogen and oxygen atoms in total. The Morgan fingerprint density at radius 3 is 2.16 bits per heavy atom. The Kier molecular flexibility index (Phi) is 6.04. The van der Waals surface area contributed by atoms with Crippen LogP contribution in [0.4, 0.5) is 5.69 Å². The summed E-state index contributed by atoms with van der Waals surface area (Å²) in [4.78, 5) is 11.8. The smallest absolute Gasteiger partial charge is 0.340 e. The third kappa shape index (κ3) is 4.12. The van der Waals surface area contributed by atoms with Gasteiger partial charge in [0.15, 0.2) is 11.5 Å². The van der Waals surface area contributed by atoms with Crippen LogP contribution in [0, 0.1) is 0 Å². The maximum absolute atomic E-state index is 12.6. The number of halogens is 2. The molecule has 25 heavy (non-hydrogen) atoms. The molecular formula is C14H13Cl2NO6S2. The van der Waals surface area contributed by atoms with E-state index in [1.807, 2.05) is 0 Å². The third-order valence-corrected chi connectivity index (χ3v) is 6.21. The molecule has 0 aliphatic heterocycles. The summed E-state index contributed by atoms with van der Waals surface area (Å²) in [5, 5.41) is 0. The van der Waals surface area contributed by atoms with Crippen molar-refractivity contribution in [3.8, 4) is 11.5 Å². The second kappa shape index (κ2) is 7.69. The maximum Gasteiger partial charge on any atom is 0.340 e. The van der Waals surface area contributed by atoms with Crippen molar-refractivity contribution < 1.29 is 27.4 Å². The number of hydrogen-bond donors (Lipinski definition) is 1. The minimum atomic E-state index is -4.09. The van der Waals surface area contributed by atoms with Gasteiger partial charge < -0.3 is 14.2 Å². The third-order valence-electron chi connectivity index (χ3n) is 3.09. The van der Waals surface area contributed by atoms with Crippen LogP contribution in [0.3, 0.4) is 0 Å². The molecule has 1 aromatic heterocycles. The molecule has 2 aromatic rings. The maximum atomic E-state index is 12.6. The van der Waals surface area contributed by atoms with E-state index in [4.69, 9.17) is 32.7 Å². The standard InChI is InChI=1S/C14H13Cl2NO6S2/c1-21-9-4-7(14(18)23-3)8(5-10(9)22-2)17-25(19,20)11-6-12(15)24-13(11)16/h4-6,17H,1-3H3. The van der Waals surface area contributed by atoms with E-state index in [0.29, 0.717) is 0 Å². The van der Waals surface area contributed by atoms with E-state index in [1.165, 1.54) is 39.5 Å². The zero-order valence-corrected chi connectivity index (χ0v) is 16.4. The van der Waals surface area contributed by atoms with Gasteiger partial charge in [0.25, 0.3) is 10.0 Å². The first-order chi connectivity index (χ1) is 11.7. The number of sulfonamides is 1. The number of benzene rings is 1. The van der Waals surface area contributed by atoms with Gasteiger partial charge in [0.05, 0.1) is 36.9 Å². The van der Waals surface area contributed by atoms with Gasteiger partial charge in [0, 0.05) is 12.1 Å². The Morgan fingerprint density at radius 1 is 1.08 bits per heavy atom. The molecule has 0 bridgehead atoms. The van der Waals surface area contributed by atoms with Gasteiger partial charge in [-0.3, -0.25) is 4.72 Å². The summed E-state index contributed by atoms with van der Waals surface area (Å²) in [6, 6.07) is 3.84. The molecule has 1 aromatic carbocycles. The first-order valence-corrected chi connectivity index (χ1v) is 9.61. The molecule has 0 fully saturated rings. The number of rotatable bonds is 6. The van der Waals surface area contributed by atoms with Gasteiger partial charge >= 0.3 is 5.97 Å². The lowest BCUT2D eigenvalue weighted by atomic mass is 10.1. The van der Waals surface area contributed by atoms with Crippen molar-refractivity contribution in [2.24, 2.45) is 0 Å². The number of thiophene rings is 1. The SMILES string of the molecule is COC(=O)c1cc(OC)c(OC)cc1NS(=O)(=O)c1cc(Cl)sc1Cl. The Balaban J connectivity index is 2.57. The molecule has 0 radical (unpaired) electrons. The molecule has 0 aliphatic carbocycles. The predicted molar refractivity (Wildman–Crippen MR) is 96.0 cm³/mol. The molecule has 1 heterocycles. The fraction of sp³-hybridized carbons (Fsp3) is 0.214. The Morgan fingerprint density at radius 2 is 1.68 bits per heavy atom. The highest BCUT2D eigenvalue weighted by atomic mass is 35.5. The van der Waals surface area contributed by atoms with Crippen LogP contribution in [-0.4, -0.2) is 35.7 Å². The Labute approximate surface area is 158 Å². The molecule has 0 amide bonds. The molecule has 0 atom stereocenters. The molecule has 0 saturated carbocycles. The van der Waals surface area contributed by atoms with Gasteiger partial charge in [-0.25, -0.2) is 13.2 Å². The summed E-state index contributed by atoms with van der Waals surface area (Å²) in [5.74, 6) is -0.294. The second-order valence-electron chi connectivity index (χ2n) is 4.54. The quantitative estimate of drug-likeness (QED) is 0.709.